The first-order valence-electron chi connectivity index (χ1n) is 12.8. The molecule has 0 bridgehead atoms. The molecular formula is C27H34N6O4S. The summed E-state index contributed by atoms with van der Waals surface area (Å²) in [4.78, 5) is 15.9. The molecule has 2 aromatic heterocycles. The van der Waals surface area contributed by atoms with Gasteiger partial charge in [-0.15, -0.1) is 0 Å². The summed E-state index contributed by atoms with van der Waals surface area (Å²) < 4.78 is 34.2. The number of aliphatic hydroxyl groups is 1. The summed E-state index contributed by atoms with van der Waals surface area (Å²) in [6, 6.07) is 7.46. The van der Waals surface area contributed by atoms with Gasteiger partial charge in [0.1, 0.15) is 35.2 Å². The minimum absolute atomic E-state index is 0.0222. The summed E-state index contributed by atoms with van der Waals surface area (Å²) in [5, 5.41) is 11.9. The van der Waals surface area contributed by atoms with Crippen LogP contribution in [0.3, 0.4) is 0 Å². The highest BCUT2D eigenvalue weighted by Gasteiger charge is 2.31. The summed E-state index contributed by atoms with van der Waals surface area (Å²) in [7, 11) is -2.24. The van der Waals surface area contributed by atoms with Crippen LogP contribution in [0.25, 0.3) is 11.1 Å². The van der Waals surface area contributed by atoms with Gasteiger partial charge in [0.2, 0.25) is 10.0 Å². The van der Waals surface area contributed by atoms with Gasteiger partial charge in [-0.2, -0.15) is 0 Å². The molecule has 2 aliphatic rings. The molecule has 0 radical (unpaired) electrons. The van der Waals surface area contributed by atoms with E-state index in [2.05, 4.69) is 38.8 Å². The number of aliphatic hydroxyl groups excluding tert-OH is 1. The van der Waals surface area contributed by atoms with E-state index in [9.17, 15) is 8.42 Å². The van der Waals surface area contributed by atoms with Gasteiger partial charge in [0.15, 0.2) is 0 Å². The first kappa shape index (κ1) is 26.3. The Morgan fingerprint density at radius 3 is 2.79 bits per heavy atom. The van der Waals surface area contributed by atoms with Gasteiger partial charge in [0, 0.05) is 48.7 Å². The zero-order valence-corrected chi connectivity index (χ0v) is 22.8. The number of hydrogen-bond donors (Lipinski definition) is 3. The molecule has 0 saturated heterocycles. The van der Waals surface area contributed by atoms with Crippen molar-refractivity contribution in [3.05, 3.63) is 53.6 Å². The number of rotatable bonds is 7. The van der Waals surface area contributed by atoms with Crippen molar-refractivity contribution >= 4 is 21.7 Å². The maximum absolute atomic E-state index is 12.9. The lowest BCUT2D eigenvalue weighted by molar-refractivity contribution is 0.301. The van der Waals surface area contributed by atoms with Crippen LogP contribution in [0.4, 0.5) is 11.6 Å². The Morgan fingerprint density at radius 2 is 2.00 bits per heavy atom. The van der Waals surface area contributed by atoms with Gasteiger partial charge in [-0.3, -0.25) is 0 Å². The second-order valence-electron chi connectivity index (χ2n) is 10.5. The highest BCUT2D eigenvalue weighted by molar-refractivity contribution is 7.89. The molecule has 0 amide bonds. The molecule has 5 rings (SSSR count). The van der Waals surface area contributed by atoms with Crippen molar-refractivity contribution in [3.63, 3.8) is 0 Å². The molecule has 3 N–H and O–H groups in total. The zero-order chi connectivity index (χ0) is 26.9. The Balaban J connectivity index is 1.49. The lowest BCUT2D eigenvalue weighted by atomic mass is 9.76. The van der Waals surface area contributed by atoms with Crippen molar-refractivity contribution in [2.24, 2.45) is 5.41 Å². The first-order valence-corrected chi connectivity index (χ1v) is 14.3. The summed E-state index contributed by atoms with van der Waals surface area (Å²) in [6.45, 7) is 6.05. The van der Waals surface area contributed by atoms with Crippen LogP contribution in [-0.2, 0) is 29.4 Å². The number of hydrogen-bond acceptors (Lipinski definition) is 9. The predicted molar refractivity (Wildman–Crippen MR) is 146 cm³/mol. The Kier molecular flexibility index (Phi) is 7.26. The minimum atomic E-state index is -3.86. The van der Waals surface area contributed by atoms with E-state index >= 15 is 0 Å². The number of aromatic nitrogens is 3. The number of fused-ring (bicyclic) bond motifs is 2. The van der Waals surface area contributed by atoms with Crippen molar-refractivity contribution in [2.45, 2.75) is 44.6 Å². The van der Waals surface area contributed by atoms with E-state index in [1.807, 2.05) is 18.2 Å². The number of aryl methyl sites for hydroxylation is 1. The highest BCUT2D eigenvalue weighted by Crippen LogP contribution is 2.39. The number of nitrogens with one attached hydrogen (secondary N) is 2. The van der Waals surface area contributed by atoms with E-state index in [1.54, 1.807) is 25.6 Å². The fourth-order valence-electron chi connectivity index (χ4n) is 5.14. The Hall–Kier alpha value is -3.28. The van der Waals surface area contributed by atoms with Gasteiger partial charge in [-0.25, -0.2) is 28.1 Å². The average Bonchev–Trinajstić information content (AvgIpc) is 3.12. The minimum Gasteiger partial charge on any atom is -0.491 e. The fourth-order valence-corrected chi connectivity index (χ4v) is 6.35. The van der Waals surface area contributed by atoms with Crippen molar-refractivity contribution < 1.29 is 18.3 Å². The van der Waals surface area contributed by atoms with E-state index in [0.717, 1.165) is 47.7 Å². The molecule has 3 heterocycles. The number of ether oxygens (including phenoxy) is 1. The van der Waals surface area contributed by atoms with Crippen LogP contribution in [0.15, 0.2) is 41.7 Å². The first-order chi connectivity index (χ1) is 18.2. The normalized spacial score (nSPS) is 16.7. The monoisotopic (exact) mass is 538 g/mol. The molecule has 10 nitrogen and oxygen atoms in total. The lowest BCUT2D eigenvalue weighted by Crippen LogP contribution is -2.31. The smallest absolute Gasteiger partial charge is 0.244 e. The van der Waals surface area contributed by atoms with Crippen molar-refractivity contribution in [1.29, 1.82) is 0 Å². The van der Waals surface area contributed by atoms with Crippen LogP contribution >= 0.6 is 0 Å². The quantitative estimate of drug-likeness (QED) is 0.416. The highest BCUT2D eigenvalue weighted by atomic mass is 32.2. The zero-order valence-electron chi connectivity index (χ0n) is 22.0. The third-order valence-electron chi connectivity index (χ3n) is 7.16. The van der Waals surface area contributed by atoms with Gasteiger partial charge in [-0.1, -0.05) is 19.9 Å². The van der Waals surface area contributed by atoms with Gasteiger partial charge in [-0.05, 0) is 48.4 Å². The van der Waals surface area contributed by atoms with E-state index in [0.29, 0.717) is 25.3 Å². The summed E-state index contributed by atoms with van der Waals surface area (Å²) in [5.41, 5.74) is 5.04. The van der Waals surface area contributed by atoms with Crippen LogP contribution in [-0.4, -0.2) is 61.8 Å². The number of pyridine rings is 1. The van der Waals surface area contributed by atoms with Crippen molar-refractivity contribution in [1.82, 2.24) is 19.7 Å². The van der Waals surface area contributed by atoms with E-state index in [4.69, 9.17) is 14.8 Å². The Bertz CT molecular complexity index is 1440. The second kappa shape index (κ2) is 10.5. The molecule has 1 aliphatic heterocycles. The van der Waals surface area contributed by atoms with Crippen LogP contribution in [0.5, 0.6) is 5.75 Å². The van der Waals surface area contributed by atoms with Crippen LogP contribution in [0, 0.1) is 5.41 Å². The van der Waals surface area contributed by atoms with Gasteiger partial charge >= 0.3 is 0 Å². The van der Waals surface area contributed by atoms with E-state index in [1.165, 1.54) is 5.56 Å². The Labute approximate surface area is 223 Å². The van der Waals surface area contributed by atoms with Crippen molar-refractivity contribution in [2.75, 3.05) is 43.6 Å². The molecular weight excluding hydrogens is 504 g/mol. The number of anilines is 2. The summed E-state index contributed by atoms with van der Waals surface area (Å²) in [5.74, 6) is 2.00. The average molecular weight is 539 g/mol. The summed E-state index contributed by atoms with van der Waals surface area (Å²) in [6.07, 6.45) is 6.32. The molecule has 1 aromatic carbocycles. The van der Waals surface area contributed by atoms with Gasteiger partial charge in [0.25, 0.3) is 0 Å². The number of benzene rings is 1. The molecule has 1 aliphatic carbocycles. The maximum Gasteiger partial charge on any atom is 0.244 e. The third-order valence-corrected chi connectivity index (χ3v) is 8.64. The Morgan fingerprint density at radius 1 is 1.16 bits per heavy atom. The largest absolute Gasteiger partial charge is 0.491 e. The second-order valence-corrected chi connectivity index (χ2v) is 12.2. The lowest BCUT2D eigenvalue weighted by Gasteiger charge is -2.33. The molecule has 0 unspecified atom stereocenters. The molecule has 0 saturated carbocycles. The third kappa shape index (κ3) is 5.31. The molecule has 38 heavy (non-hydrogen) atoms. The molecule has 11 heteroatoms. The van der Waals surface area contributed by atoms with Crippen LogP contribution < -0.4 is 19.7 Å². The summed E-state index contributed by atoms with van der Waals surface area (Å²) >= 11 is 0. The topological polar surface area (TPSA) is 130 Å². The predicted octanol–water partition coefficient (Wildman–Crippen LogP) is 2.76. The van der Waals surface area contributed by atoms with Crippen LogP contribution in [0.1, 0.15) is 37.1 Å². The SMILES string of the molecule is CNc1ncc(-c2ccc3c(c2)CN(c2ncnc4c2CC(C)(C)CC4)CCO3)cc1S(=O)(=O)NCCO. The molecule has 202 valence electrons. The molecule has 3 aromatic rings. The number of sulfonamides is 1. The fraction of sp³-hybridized carbons (Fsp3) is 0.444. The van der Waals surface area contributed by atoms with Crippen LogP contribution in [0.2, 0.25) is 0 Å². The maximum atomic E-state index is 12.9. The molecule has 0 atom stereocenters. The van der Waals surface area contributed by atoms with Gasteiger partial charge < -0.3 is 20.1 Å². The number of nitrogens with zero attached hydrogens (tertiary/aromatic N) is 4. The van der Waals surface area contributed by atoms with E-state index in [-0.39, 0.29) is 29.3 Å². The molecule has 0 fully saturated rings. The molecule has 0 spiro atoms. The van der Waals surface area contributed by atoms with Gasteiger partial charge in [0.05, 0.1) is 13.2 Å². The van der Waals surface area contributed by atoms with Crippen molar-refractivity contribution in [3.8, 4) is 16.9 Å². The standard InChI is InChI=1S/C27H34N6O4S/c1-27(2)7-6-22-21(14-27)26(31-17-30-22)33-9-11-37-23-5-4-18(12-20(23)16-33)19-13-24(25(28-3)29-15-19)38(35,36)32-8-10-34/h4-5,12-13,15,17,32,34H,6-11,14,16H2,1-3H3,(H,28,29). The van der Waals surface area contributed by atoms with E-state index < -0.39 is 10.0 Å².